The van der Waals surface area contributed by atoms with Crippen LogP contribution in [0.5, 0.6) is 0 Å². The van der Waals surface area contributed by atoms with Gasteiger partial charge in [-0.1, -0.05) is 0 Å². The normalized spacial score (nSPS) is 14.6. The van der Waals surface area contributed by atoms with Crippen molar-refractivity contribution in [3.8, 4) is 0 Å². The van der Waals surface area contributed by atoms with Crippen LogP contribution in [0.4, 0.5) is 18.9 Å². The van der Waals surface area contributed by atoms with E-state index in [9.17, 15) is 31.2 Å². The van der Waals surface area contributed by atoms with E-state index >= 15 is 0 Å². The van der Waals surface area contributed by atoms with Gasteiger partial charge in [-0.3, -0.25) is 9.59 Å². The maximum absolute atomic E-state index is 12.1. The van der Waals surface area contributed by atoms with Gasteiger partial charge in [0.2, 0.25) is 21.8 Å². The molecule has 2 amide bonds. The number of hydrogen-bond donors (Lipinski definition) is 3. The predicted molar refractivity (Wildman–Crippen MR) is 91.3 cm³/mol. The molecule has 1 saturated carbocycles. The minimum Gasteiger partial charge on any atom is -0.356 e. The number of alkyl halides is 3. The summed E-state index contributed by atoms with van der Waals surface area (Å²) < 4.78 is 61.4. The molecule has 1 fully saturated rings. The van der Waals surface area contributed by atoms with Gasteiger partial charge in [0.15, 0.2) is 0 Å². The Labute approximate surface area is 154 Å². The molecule has 0 aromatic heterocycles. The summed E-state index contributed by atoms with van der Waals surface area (Å²) >= 11 is 0. The Bertz CT molecular complexity index is 775. The maximum Gasteiger partial charge on any atom is 0.402 e. The summed E-state index contributed by atoms with van der Waals surface area (Å²) in [5, 5.41) is 5.29. The quantitative estimate of drug-likeness (QED) is 0.543. The molecule has 0 unspecified atom stereocenters. The number of carbonyl (C=O) groups excluding carboxylic acids is 2. The van der Waals surface area contributed by atoms with Crippen LogP contribution in [0.25, 0.3) is 0 Å². The molecular formula is C16H20F3N3O4S. The second-order valence-corrected chi connectivity index (χ2v) is 7.95. The molecule has 27 heavy (non-hydrogen) atoms. The molecule has 7 nitrogen and oxygen atoms in total. The van der Waals surface area contributed by atoms with Crippen molar-refractivity contribution in [2.45, 2.75) is 36.8 Å². The Morgan fingerprint density at radius 3 is 2.30 bits per heavy atom. The zero-order chi connectivity index (χ0) is 20.1. The molecule has 3 N–H and O–H groups in total. The van der Waals surface area contributed by atoms with Gasteiger partial charge in [-0.2, -0.15) is 13.2 Å². The van der Waals surface area contributed by atoms with E-state index in [0.717, 1.165) is 25.0 Å². The van der Waals surface area contributed by atoms with E-state index in [1.807, 2.05) is 0 Å². The number of sulfonamides is 1. The van der Waals surface area contributed by atoms with Gasteiger partial charge in [0.05, 0.1) is 4.90 Å². The van der Waals surface area contributed by atoms with Crippen LogP contribution >= 0.6 is 0 Å². The topological polar surface area (TPSA) is 104 Å². The molecule has 0 heterocycles. The van der Waals surface area contributed by atoms with Crippen LogP contribution in [0.3, 0.4) is 0 Å². The molecule has 0 atom stereocenters. The van der Waals surface area contributed by atoms with Crippen molar-refractivity contribution in [2.24, 2.45) is 5.92 Å². The fourth-order valence-electron chi connectivity index (χ4n) is 2.15. The smallest absolute Gasteiger partial charge is 0.356 e. The van der Waals surface area contributed by atoms with Crippen LogP contribution in [0, 0.1) is 5.92 Å². The zero-order valence-corrected chi connectivity index (χ0v) is 15.1. The minimum absolute atomic E-state index is 0.00587. The van der Waals surface area contributed by atoms with E-state index in [1.165, 1.54) is 16.9 Å². The molecule has 0 bridgehead atoms. The fourth-order valence-corrected chi connectivity index (χ4v) is 3.17. The second-order valence-electron chi connectivity index (χ2n) is 6.18. The lowest BCUT2D eigenvalue weighted by Crippen LogP contribution is -2.33. The SMILES string of the molecule is O=C(CCCNC(=O)C1CC1)Nc1ccc(S(=O)(=O)NCC(F)(F)F)cc1. The van der Waals surface area contributed by atoms with Gasteiger partial charge in [0.25, 0.3) is 0 Å². The Morgan fingerprint density at radius 2 is 1.74 bits per heavy atom. The third kappa shape index (κ3) is 7.55. The first-order valence-corrected chi connectivity index (χ1v) is 9.79. The van der Waals surface area contributed by atoms with Crippen LogP contribution in [0.1, 0.15) is 25.7 Å². The van der Waals surface area contributed by atoms with E-state index in [2.05, 4.69) is 10.6 Å². The molecule has 1 aromatic carbocycles. The van der Waals surface area contributed by atoms with E-state index in [0.29, 0.717) is 18.7 Å². The average molecular weight is 407 g/mol. The highest BCUT2D eigenvalue weighted by Gasteiger charge is 2.30. The number of anilines is 1. The van der Waals surface area contributed by atoms with E-state index in [1.54, 1.807) is 0 Å². The number of hydrogen-bond acceptors (Lipinski definition) is 4. The highest BCUT2D eigenvalue weighted by Crippen LogP contribution is 2.28. The van der Waals surface area contributed by atoms with E-state index in [-0.39, 0.29) is 29.0 Å². The van der Waals surface area contributed by atoms with Crippen molar-refractivity contribution < 1.29 is 31.2 Å². The highest BCUT2D eigenvalue weighted by molar-refractivity contribution is 7.89. The largest absolute Gasteiger partial charge is 0.402 e. The monoisotopic (exact) mass is 407 g/mol. The molecule has 0 saturated heterocycles. The number of benzene rings is 1. The van der Waals surface area contributed by atoms with Gasteiger partial charge in [-0.25, -0.2) is 13.1 Å². The fraction of sp³-hybridized carbons (Fsp3) is 0.500. The van der Waals surface area contributed by atoms with Gasteiger partial charge in [-0.15, -0.1) is 0 Å². The van der Waals surface area contributed by atoms with Crippen molar-refractivity contribution in [2.75, 3.05) is 18.4 Å². The lowest BCUT2D eigenvalue weighted by Gasteiger charge is -2.10. The summed E-state index contributed by atoms with van der Waals surface area (Å²) in [7, 11) is -4.29. The van der Waals surface area contributed by atoms with Gasteiger partial charge in [-0.05, 0) is 43.5 Å². The lowest BCUT2D eigenvalue weighted by atomic mass is 10.2. The van der Waals surface area contributed by atoms with Gasteiger partial charge < -0.3 is 10.6 Å². The standard InChI is InChI=1S/C16H20F3N3O4S/c17-16(18,19)10-21-27(25,26)13-7-5-12(6-8-13)22-14(23)2-1-9-20-15(24)11-3-4-11/h5-8,11,21H,1-4,9-10H2,(H,20,24)(H,22,23). The van der Waals surface area contributed by atoms with Crippen molar-refractivity contribution in [3.63, 3.8) is 0 Å². The van der Waals surface area contributed by atoms with Crippen LogP contribution in [0.15, 0.2) is 29.2 Å². The number of halogens is 3. The first kappa shape index (κ1) is 21.2. The van der Waals surface area contributed by atoms with Crippen molar-refractivity contribution in [3.05, 3.63) is 24.3 Å². The molecule has 1 aromatic rings. The van der Waals surface area contributed by atoms with Crippen LogP contribution < -0.4 is 15.4 Å². The van der Waals surface area contributed by atoms with Gasteiger partial charge in [0.1, 0.15) is 6.54 Å². The molecule has 150 valence electrons. The predicted octanol–water partition coefficient (Wildman–Crippen LogP) is 1.77. The van der Waals surface area contributed by atoms with E-state index < -0.39 is 22.7 Å². The first-order chi connectivity index (χ1) is 12.6. The van der Waals surface area contributed by atoms with Crippen molar-refractivity contribution in [1.29, 1.82) is 0 Å². The molecule has 1 aliphatic rings. The highest BCUT2D eigenvalue weighted by atomic mass is 32.2. The number of rotatable bonds is 9. The molecule has 0 spiro atoms. The van der Waals surface area contributed by atoms with Crippen LogP contribution in [0.2, 0.25) is 0 Å². The Balaban J connectivity index is 1.76. The van der Waals surface area contributed by atoms with E-state index in [4.69, 9.17) is 0 Å². The molecule has 0 radical (unpaired) electrons. The summed E-state index contributed by atoms with van der Waals surface area (Å²) in [5.74, 6) is -0.202. The second kappa shape index (κ2) is 8.70. The lowest BCUT2D eigenvalue weighted by molar-refractivity contribution is -0.123. The average Bonchev–Trinajstić information content (AvgIpc) is 3.42. The number of amides is 2. The Hall–Kier alpha value is -2.14. The van der Waals surface area contributed by atoms with Crippen molar-refractivity contribution >= 4 is 27.5 Å². The van der Waals surface area contributed by atoms with Crippen LogP contribution in [-0.4, -0.2) is 39.5 Å². The third-order valence-corrected chi connectivity index (χ3v) is 5.16. The summed E-state index contributed by atoms with van der Waals surface area (Å²) in [5.41, 5.74) is 0.316. The van der Waals surface area contributed by atoms with Crippen molar-refractivity contribution in [1.82, 2.24) is 10.0 Å². The minimum atomic E-state index is -4.65. The molecule has 11 heteroatoms. The molecule has 1 aliphatic carbocycles. The summed E-state index contributed by atoms with van der Waals surface area (Å²) in [6.07, 6.45) is -2.22. The number of nitrogens with one attached hydrogen (secondary N) is 3. The Morgan fingerprint density at radius 1 is 1.11 bits per heavy atom. The number of carbonyl (C=O) groups is 2. The third-order valence-electron chi connectivity index (χ3n) is 3.74. The molecular weight excluding hydrogens is 387 g/mol. The first-order valence-electron chi connectivity index (χ1n) is 8.31. The summed E-state index contributed by atoms with van der Waals surface area (Å²) in [6, 6.07) is 4.78. The zero-order valence-electron chi connectivity index (χ0n) is 14.3. The van der Waals surface area contributed by atoms with Gasteiger partial charge in [0, 0.05) is 24.6 Å². The summed E-state index contributed by atoms with van der Waals surface area (Å²) in [4.78, 5) is 22.9. The maximum atomic E-state index is 12.1. The summed E-state index contributed by atoms with van der Waals surface area (Å²) in [6.45, 7) is -1.27. The molecule has 0 aliphatic heterocycles. The van der Waals surface area contributed by atoms with Gasteiger partial charge >= 0.3 is 6.18 Å². The molecule has 2 rings (SSSR count). The Kier molecular flexibility index (Phi) is 6.82. The van der Waals surface area contributed by atoms with Crippen LogP contribution in [-0.2, 0) is 19.6 Å².